The lowest BCUT2D eigenvalue weighted by atomic mass is 9.99. The molecule has 6 rings (SSSR count). The lowest BCUT2D eigenvalue weighted by Crippen LogP contribution is -2.29. The minimum Gasteiger partial charge on any atom is -0.0836 e. The fraction of sp³-hybridized carbons (Fsp3) is 0.667. The topological polar surface area (TPSA) is 0 Å². The second-order valence-electron chi connectivity index (χ2n) is 13.1. The Morgan fingerprint density at radius 3 is 1.28 bits per heavy atom. The van der Waals surface area contributed by atoms with E-state index < -0.39 is 0 Å². The molecule has 0 atom stereocenters. The molecule has 0 spiro atoms. The molecule has 2 aromatic carbocycles. The monoisotopic (exact) mass is 580 g/mol. The molecule has 2 aromatic rings. The van der Waals surface area contributed by atoms with Gasteiger partial charge in [-0.05, 0) is 96.2 Å². The molecule has 4 saturated carbocycles. The van der Waals surface area contributed by atoms with Crippen LogP contribution in [0.3, 0.4) is 0 Å². The fourth-order valence-corrected chi connectivity index (χ4v) is 17.0. The van der Waals surface area contributed by atoms with Crippen molar-refractivity contribution in [2.24, 2.45) is 0 Å². The van der Waals surface area contributed by atoms with E-state index in [9.17, 15) is 0 Å². The van der Waals surface area contributed by atoms with Gasteiger partial charge in [-0.3, -0.25) is 0 Å². The highest BCUT2D eigenvalue weighted by atomic mass is 35.5. The molecule has 0 saturated heterocycles. The summed E-state index contributed by atoms with van der Waals surface area (Å²) in [5, 5.41) is 4.44. The Hall–Kier alpha value is -0.410. The lowest BCUT2D eigenvalue weighted by Gasteiger charge is -2.41. The van der Waals surface area contributed by atoms with E-state index >= 15 is 0 Å². The normalized spacial score (nSPS) is 23.1. The third-order valence-electron chi connectivity index (χ3n) is 10.6. The van der Waals surface area contributed by atoms with Crippen LogP contribution in [-0.4, -0.2) is 22.6 Å². The maximum absolute atomic E-state index is 7.35. The molecule has 0 aromatic heterocycles. The van der Waals surface area contributed by atoms with Gasteiger partial charge in [0, 0.05) is 10.6 Å². The molecule has 3 heteroatoms. The Morgan fingerprint density at radius 1 is 0.436 bits per heavy atom. The highest BCUT2D eigenvalue weighted by Gasteiger charge is 2.37. The number of halogens is 1. The third-order valence-corrected chi connectivity index (χ3v) is 18.0. The third kappa shape index (κ3) is 6.65. The van der Waals surface area contributed by atoms with E-state index in [1.54, 1.807) is 16.2 Å². The first kappa shape index (κ1) is 28.7. The Bertz CT molecular complexity index is 1010. The number of hydrogen-bond acceptors (Lipinski definition) is 0. The zero-order chi connectivity index (χ0) is 26.4. The van der Waals surface area contributed by atoms with Crippen molar-refractivity contribution < 1.29 is 0 Å². The second-order valence-corrected chi connectivity index (χ2v) is 19.1. The molecule has 4 aliphatic carbocycles. The number of benzene rings is 2. The van der Waals surface area contributed by atoms with Gasteiger partial charge in [0.05, 0.1) is 0 Å². The standard InChI is InChI=1S/C36H51ClP2/c37-33-25-15-27-35(39(30-20-9-3-10-21-30)31-22-11-4-12-23-31)36(33)32-24-13-14-26-34(32)38(28-16-5-1-6-17-28)29-18-7-2-8-19-29/h13-15,24-31H,1-12,16-23H2. The molecule has 0 heterocycles. The molecule has 0 nitrogen and oxygen atoms in total. The van der Waals surface area contributed by atoms with Gasteiger partial charge in [-0.25, -0.2) is 0 Å². The summed E-state index contributed by atoms with van der Waals surface area (Å²) in [6.07, 6.45) is 29.0. The predicted molar refractivity (Wildman–Crippen MR) is 177 cm³/mol. The number of hydrogen-bond donors (Lipinski definition) is 0. The van der Waals surface area contributed by atoms with Gasteiger partial charge >= 0.3 is 0 Å². The predicted octanol–water partition coefficient (Wildman–Crippen LogP) is 11.6. The quantitative estimate of drug-likeness (QED) is 0.286. The maximum Gasteiger partial charge on any atom is 0.0491 e. The summed E-state index contributed by atoms with van der Waals surface area (Å²) in [5.74, 6) is 0. The summed E-state index contributed by atoms with van der Waals surface area (Å²) in [7, 11) is -0.352. The molecule has 0 radical (unpaired) electrons. The number of rotatable bonds is 7. The first-order valence-electron chi connectivity index (χ1n) is 16.8. The summed E-state index contributed by atoms with van der Waals surface area (Å²) in [6, 6.07) is 16.8. The van der Waals surface area contributed by atoms with Crippen LogP contribution in [0.1, 0.15) is 128 Å². The van der Waals surface area contributed by atoms with Crippen molar-refractivity contribution in [2.75, 3.05) is 0 Å². The van der Waals surface area contributed by atoms with Crippen LogP contribution in [0.5, 0.6) is 0 Å². The lowest BCUT2D eigenvalue weighted by molar-refractivity contribution is 0.487. The van der Waals surface area contributed by atoms with Crippen molar-refractivity contribution in [1.29, 1.82) is 0 Å². The molecule has 0 unspecified atom stereocenters. The highest BCUT2D eigenvalue weighted by Crippen LogP contribution is 2.59. The molecule has 39 heavy (non-hydrogen) atoms. The molecule has 212 valence electrons. The average molecular weight is 581 g/mol. The van der Waals surface area contributed by atoms with E-state index in [1.807, 2.05) is 0 Å². The van der Waals surface area contributed by atoms with Crippen LogP contribution in [0.15, 0.2) is 42.5 Å². The molecular formula is C36H51ClP2. The first-order valence-corrected chi connectivity index (χ1v) is 20.1. The fourth-order valence-electron chi connectivity index (χ4n) is 8.72. The van der Waals surface area contributed by atoms with Crippen molar-refractivity contribution >= 4 is 38.1 Å². The van der Waals surface area contributed by atoms with Gasteiger partial charge in [-0.15, -0.1) is 0 Å². The van der Waals surface area contributed by atoms with Gasteiger partial charge in [0.1, 0.15) is 0 Å². The largest absolute Gasteiger partial charge is 0.0836 e. The zero-order valence-corrected chi connectivity index (χ0v) is 26.8. The average Bonchev–Trinajstić information content (AvgIpc) is 3.00. The van der Waals surface area contributed by atoms with Gasteiger partial charge < -0.3 is 0 Å². The second kappa shape index (κ2) is 14.2. The molecule has 0 N–H and O–H groups in total. The van der Waals surface area contributed by atoms with E-state index in [0.29, 0.717) is 0 Å². The van der Waals surface area contributed by atoms with E-state index in [-0.39, 0.29) is 15.8 Å². The van der Waals surface area contributed by atoms with E-state index in [0.717, 1.165) is 27.7 Å². The van der Waals surface area contributed by atoms with Gasteiger partial charge in [-0.2, -0.15) is 0 Å². The van der Waals surface area contributed by atoms with Crippen molar-refractivity contribution in [3.63, 3.8) is 0 Å². The van der Waals surface area contributed by atoms with E-state index in [1.165, 1.54) is 134 Å². The Labute approximate surface area is 247 Å². The molecule has 4 fully saturated rings. The maximum atomic E-state index is 7.35. The van der Waals surface area contributed by atoms with Crippen LogP contribution in [0, 0.1) is 0 Å². The van der Waals surface area contributed by atoms with E-state index in [4.69, 9.17) is 11.6 Å². The van der Waals surface area contributed by atoms with Crippen molar-refractivity contribution in [2.45, 2.75) is 151 Å². The van der Waals surface area contributed by atoms with Crippen molar-refractivity contribution in [1.82, 2.24) is 0 Å². The van der Waals surface area contributed by atoms with Crippen LogP contribution in [-0.2, 0) is 0 Å². The Balaban J connectivity index is 1.46. The summed E-state index contributed by atoms with van der Waals surface area (Å²) >= 11 is 7.35. The van der Waals surface area contributed by atoms with Gasteiger partial charge in [0.15, 0.2) is 0 Å². The SMILES string of the molecule is Clc1cccc(P(C2CCCCC2)C2CCCCC2)c1-c1ccccc1P(C1CCCCC1)C1CCCCC1. The van der Waals surface area contributed by atoms with Gasteiger partial charge in [0.2, 0.25) is 0 Å². The minimum atomic E-state index is -0.191. The van der Waals surface area contributed by atoms with Crippen LogP contribution in [0.25, 0.3) is 11.1 Å². The molecule has 0 aliphatic heterocycles. The summed E-state index contributed by atoms with van der Waals surface area (Å²) in [4.78, 5) is 0. The summed E-state index contributed by atoms with van der Waals surface area (Å²) in [5.41, 5.74) is 6.65. The minimum absolute atomic E-state index is 0.161. The van der Waals surface area contributed by atoms with Crippen LogP contribution >= 0.6 is 27.4 Å². The summed E-state index contributed by atoms with van der Waals surface area (Å²) < 4.78 is 0. The first-order chi connectivity index (χ1) is 19.3. The van der Waals surface area contributed by atoms with Crippen molar-refractivity contribution in [3.05, 3.63) is 47.5 Å². The molecule has 0 amide bonds. The van der Waals surface area contributed by atoms with Crippen LogP contribution < -0.4 is 10.6 Å². The molecule has 4 aliphatic rings. The molecular weight excluding hydrogens is 530 g/mol. The van der Waals surface area contributed by atoms with Crippen LogP contribution in [0.4, 0.5) is 0 Å². The van der Waals surface area contributed by atoms with Crippen LogP contribution in [0.2, 0.25) is 5.02 Å². The van der Waals surface area contributed by atoms with Crippen molar-refractivity contribution in [3.8, 4) is 11.1 Å². The highest BCUT2D eigenvalue weighted by molar-refractivity contribution is 7.68. The smallest absolute Gasteiger partial charge is 0.0491 e. The van der Waals surface area contributed by atoms with Gasteiger partial charge in [0.25, 0.3) is 0 Å². The Morgan fingerprint density at radius 2 is 0.821 bits per heavy atom. The molecule has 0 bridgehead atoms. The Kier molecular flexibility index (Phi) is 10.4. The van der Waals surface area contributed by atoms with Gasteiger partial charge in [-0.1, -0.05) is 141 Å². The zero-order valence-electron chi connectivity index (χ0n) is 24.3. The van der Waals surface area contributed by atoms with E-state index in [2.05, 4.69) is 42.5 Å². The summed E-state index contributed by atoms with van der Waals surface area (Å²) in [6.45, 7) is 0.